The van der Waals surface area contributed by atoms with Gasteiger partial charge < -0.3 is 10.6 Å². The summed E-state index contributed by atoms with van der Waals surface area (Å²) in [6.45, 7) is 0. The molecule has 1 aromatic heterocycles. The molecule has 0 aliphatic heterocycles. The molecule has 5 heteroatoms. The minimum absolute atomic E-state index is 0.00174. The molecule has 1 fully saturated rings. The highest BCUT2D eigenvalue weighted by molar-refractivity contribution is 9.10. The van der Waals surface area contributed by atoms with E-state index in [1.165, 1.54) is 25.7 Å². The van der Waals surface area contributed by atoms with Crippen LogP contribution in [0.5, 0.6) is 0 Å². The van der Waals surface area contributed by atoms with E-state index < -0.39 is 0 Å². The highest BCUT2D eigenvalue weighted by atomic mass is 79.9. The van der Waals surface area contributed by atoms with Crippen molar-refractivity contribution in [3.63, 3.8) is 0 Å². The fraction of sp³-hybridized carbons (Fsp3) is 0.750. The first-order valence-electron chi connectivity index (χ1n) is 6.09. The molecule has 1 aromatic rings. The summed E-state index contributed by atoms with van der Waals surface area (Å²) in [5.74, 6) is 0. The average molecular weight is 301 g/mol. The Morgan fingerprint density at radius 2 is 2.06 bits per heavy atom. The molecule has 4 nitrogen and oxygen atoms in total. The number of nitrogens with zero attached hydrogens (tertiary/aromatic N) is 3. The maximum Gasteiger partial charge on any atom is 0.0709 e. The molecule has 0 amide bonds. The van der Waals surface area contributed by atoms with Gasteiger partial charge in [0.2, 0.25) is 0 Å². The molecule has 0 bridgehead atoms. The van der Waals surface area contributed by atoms with Crippen LogP contribution in [0.4, 0.5) is 0 Å². The first kappa shape index (κ1) is 13.1. The molecule has 2 rings (SSSR count). The number of hydrogen-bond acceptors (Lipinski definition) is 3. The number of halogens is 1. The molecule has 0 radical (unpaired) electrons. The van der Waals surface area contributed by atoms with Crippen LogP contribution < -0.4 is 5.73 Å². The van der Waals surface area contributed by atoms with Crippen molar-refractivity contribution in [3.05, 3.63) is 16.4 Å². The molecule has 17 heavy (non-hydrogen) atoms. The SMILES string of the molecule is CN(C)C1(C(N)c2c(Br)cnn2C)CCCC1. The smallest absolute Gasteiger partial charge is 0.0709 e. The fourth-order valence-corrected chi connectivity index (χ4v) is 3.64. The zero-order chi connectivity index (χ0) is 12.6. The molecule has 1 heterocycles. The molecule has 1 atom stereocenters. The van der Waals surface area contributed by atoms with Gasteiger partial charge in [0.15, 0.2) is 0 Å². The summed E-state index contributed by atoms with van der Waals surface area (Å²) in [6, 6.07) is 0.00174. The Kier molecular flexibility index (Phi) is 3.61. The van der Waals surface area contributed by atoms with E-state index >= 15 is 0 Å². The summed E-state index contributed by atoms with van der Waals surface area (Å²) in [7, 11) is 6.23. The van der Waals surface area contributed by atoms with Crippen molar-refractivity contribution < 1.29 is 0 Å². The molecule has 96 valence electrons. The lowest BCUT2D eigenvalue weighted by molar-refractivity contribution is 0.119. The zero-order valence-electron chi connectivity index (χ0n) is 10.8. The van der Waals surface area contributed by atoms with Gasteiger partial charge in [-0.15, -0.1) is 0 Å². The Bertz CT molecular complexity index is 374. The Hall–Kier alpha value is -0.390. The van der Waals surface area contributed by atoms with E-state index in [1.54, 1.807) is 0 Å². The molecular formula is C12H21BrN4. The van der Waals surface area contributed by atoms with Gasteiger partial charge in [0.1, 0.15) is 0 Å². The lowest BCUT2D eigenvalue weighted by Crippen LogP contribution is -2.50. The van der Waals surface area contributed by atoms with Gasteiger partial charge in [-0.05, 0) is 42.9 Å². The molecule has 1 unspecified atom stereocenters. The first-order chi connectivity index (χ1) is 7.99. The van der Waals surface area contributed by atoms with E-state index in [-0.39, 0.29) is 11.6 Å². The quantitative estimate of drug-likeness (QED) is 0.929. The van der Waals surface area contributed by atoms with Gasteiger partial charge in [-0.2, -0.15) is 5.10 Å². The maximum absolute atomic E-state index is 6.55. The number of aryl methyl sites for hydroxylation is 1. The predicted octanol–water partition coefficient (Wildman–Crippen LogP) is 2.06. The molecule has 1 aliphatic carbocycles. The van der Waals surface area contributed by atoms with Crippen molar-refractivity contribution in [1.82, 2.24) is 14.7 Å². The minimum atomic E-state index is 0.00174. The van der Waals surface area contributed by atoms with Crippen molar-refractivity contribution in [3.8, 4) is 0 Å². The predicted molar refractivity (Wildman–Crippen MR) is 72.7 cm³/mol. The fourth-order valence-electron chi connectivity index (χ4n) is 3.05. The summed E-state index contributed by atoms with van der Waals surface area (Å²) >= 11 is 3.56. The van der Waals surface area contributed by atoms with Gasteiger partial charge in [0.25, 0.3) is 0 Å². The van der Waals surface area contributed by atoms with Crippen LogP contribution >= 0.6 is 15.9 Å². The number of nitrogens with two attached hydrogens (primary N) is 1. The van der Waals surface area contributed by atoms with Crippen LogP contribution in [0.25, 0.3) is 0 Å². The number of rotatable bonds is 3. The molecule has 0 spiro atoms. The number of likely N-dealkylation sites (N-methyl/N-ethyl adjacent to an activating group) is 1. The zero-order valence-corrected chi connectivity index (χ0v) is 12.4. The second kappa shape index (κ2) is 4.71. The van der Waals surface area contributed by atoms with Crippen LogP contribution in [0.3, 0.4) is 0 Å². The van der Waals surface area contributed by atoms with E-state index in [2.05, 4.69) is 40.0 Å². The lowest BCUT2D eigenvalue weighted by Gasteiger charge is -2.41. The topological polar surface area (TPSA) is 47.1 Å². The summed E-state index contributed by atoms with van der Waals surface area (Å²) in [5.41, 5.74) is 7.73. The van der Waals surface area contributed by atoms with Crippen molar-refractivity contribution in [1.29, 1.82) is 0 Å². The molecule has 0 saturated heterocycles. The minimum Gasteiger partial charge on any atom is -0.321 e. The Morgan fingerprint density at radius 3 is 2.47 bits per heavy atom. The maximum atomic E-state index is 6.55. The van der Waals surface area contributed by atoms with E-state index in [1.807, 2.05) is 17.9 Å². The van der Waals surface area contributed by atoms with Crippen molar-refractivity contribution >= 4 is 15.9 Å². The van der Waals surface area contributed by atoms with Crippen molar-refractivity contribution in [2.45, 2.75) is 37.3 Å². The standard InChI is InChI=1S/C12H21BrN4/c1-16(2)12(6-4-5-7-12)11(14)10-9(13)8-15-17(10)3/h8,11H,4-7,14H2,1-3H3. The molecular weight excluding hydrogens is 280 g/mol. The Balaban J connectivity index is 2.38. The van der Waals surface area contributed by atoms with Gasteiger partial charge in [0.05, 0.1) is 22.4 Å². The largest absolute Gasteiger partial charge is 0.321 e. The number of hydrogen-bond donors (Lipinski definition) is 1. The van der Waals surface area contributed by atoms with Crippen LogP contribution in [-0.4, -0.2) is 34.3 Å². The van der Waals surface area contributed by atoms with Crippen LogP contribution in [-0.2, 0) is 7.05 Å². The van der Waals surface area contributed by atoms with Crippen LogP contribution in [0, 0.1) is 0 Å². The lowest BCUT2D eigenvalue weighted by atomic mass is 9.85. The monoisotopic (exact) mass is 300 g/mol. The van der Waals surface area contributed by atoms with E-state index in [0.717, 1.165) is 10.2 Å². The summed E-state index contributed by atoms with van der Waals surface area (Å²) in [5, 5.41) is 4.27. The van der Waals surface area contributed by atoms with Crippen LogP contribution in [0.2, 0.25) is 0 Å². The summed E-state index contributed by atoms with van der Waals surface area (Å²) in [4.78, 5) is 2.30. The summed E-state index contributed by atoms with van der Waals surface area (Å²) < 4.78 is 2.90. The van der Waals surface area contributed by atoms with Crippen LogP contribution in [0.1, 0.15) is 37.4 Å². The Labute approximate surface area is 111 Å². The van der Waals surface area contributed by atoms with Crippen LogP contribution in [0.15, 0.2) is 10.7 Å². The van der Waals surface area contributed by atoms with Gasteiger partial charge in [0, 0.05) is 12.6 Å². The van der Waals surface area contributed by atoms with Gasteiger partial charge >= 0.3 is 0 Å². The molecule has 1 aliphatic rings. The Morgan fingerprint density at radius 1 is 1.47 bits per heavy atom. The third-order valence-corrected chi connectivity index (χ3v) is 4.78. The number of aromatic nitrogens is 2. The van der Waals surface area contributed by atoms with Crippen molar-refractivity contribution in [2.75, 3.05) is 14.1 Å². The molecule has 1 saturated carbocycles. The second-order valence-electron chi connectivity index (χ2n) is 5.18. The van der Waals surface area contributed by atoms with E-state index in [0.29, 0.717) is 0 Å². The van der Waals surface area contributed by atoms with Gasteiger partial charge in [-0.1, -0.05) is 12.8 Å². The van der Waals surface area contributed by atoms with E-state index in [4.69, 9.17) is 5.73 Å². The second-order valence-corrected chi connectivity index (χ2v) is 6.04. The average Bonchev–Trinajstić information content (AvgIpc) is 2.86. The third-order valence-electron chi connectivity index (χ3n) is 4.17. The molecule has 2 N–H and O–H groups in total. The molecule has 0 aromatic carbocycles. The highest BCUT2D eigenvalue weighted by Gasteiger charge is 2.43. The normalized spacial score (nSPS) is 21.1. The van der Waals surface area contributed by atoms with Gasteiger partial charge in [-0.3, -0.25) is 4.68 Å². The first-order valence-corrected chi connectivity index (χ1v) is 6.89. The summed E-state index contributed by atoms with van der Waals surface area (Å²) in [6.07, 6.45) is 6.69. The van der Waals surface area contributed by atoms with E-state index in [9.17, 15) is 0 Å². The third kappa shape index (κ3) is 2.04. The van der Waals surface area contributed by atoms with Gasteiger partial charge in [-0.25, -0.2) is 0 Å². The highest BCUT2D eigenvalue weighted by Crippen LogP contribution is 2.43. The van der Waals surface area contributed by atoms with Crippen molar-refractivity contribution in [2.24, 2.45) is 12.8 Å².